The molecule has 0 radical (unpaired) electrons. The van der Waals surface area contributed by atoms with E-state index in [-0.39, 0.29) is 48.2 Å². The van der Waals surface area contributed by atoms with Crippen molar-refractivity contribution < 1.29 is 13.2 Å². The second-order valence-electron chi connectivity index (χ2n) is 5.43. The van der Waals surface area contributed by atoms with Gasteiger partial charge in [-0.3, -0.25) is 9.59 Å². The lowest BCUT2D eigenvalue weighted by molar-refractivity contribution is 0.0690. The molecule has 0 aliphatic carbocycles. The molecule has 1 aliphatic rings. The molecule has 2 aromatic rings. The first-order valence-corrected chi connectivity index (χ1v) is 9.72. The molecule has 132 valence electrons. The van der Waals surface area contributed by atoms with Gasteiger partial charge in [-0.25, -0.2) is 13.5 Å². The smallest absolute Gasteiger partial charge is 0.274 e. The normalized spacial score (nSPS) is 16.0. The highest BCUT2D eigenvalue weighted by molar-refractivity contribution is 9.10. The summed E-state index contributed by atoms with van der Waals surface area (Å²) >= 11 is 3.26. The standard InChI is InChI=1S/C15H15BrN4O4S/c16-11-3-1-2-4-13(11)25(23,24)20-9-7-19(8-10-20)15(22)12-5-6-14(21)18-17-12/h1-6H,7-10H2,(H,18,21). The Morgan fingerprint density at radius 2 is 1.76 bits per heavy atom. The molecule has 1 saturated heterocycles. The number of amides is 1. The number of sulfonamides is 1. The molecule has 1 N–H and O–H groups in total. The first kappa shape index (κ1) is 17.8. The number of carbonyl (C=O) groups is 1. The highest BCUT2D eigenvalue weighted by Crippen LogP contribution is 2.25. The number of hydrogen-bond donors (Lipinski definition) is 1. The molecule has 10 heteroatoms. The summed E-state index contributed by atoms with van der Waals surface area (Å²) < 4.78 is 27.3. The Morgan fingerprint density at radius 3 is 2.36 bits per heavy atom. The summed E-state index contributed by atoms with van der Waals surface area (Å²) in [6, 6.07) is 9.21. The first-order valence-electron chi connectivity index (χ1n) is 7.49. The van der Waals surface area contributed by atoms with Crippen LogP contribution in [0.15, 0.2) is 50.6 Å². The van der Waals surface area contributed by atoms with Crippen LogP contribution in [0.25, 0.3) is 0 Å². The van der Waals surface area contributed by atoms with Crippen molar-refractivity contribution in [3.63, 3.8) is 0 Å². The summed E-state index contributed by atoms with van der Waals surface area (Å²) in [5, 5.41) is 5.93. The summed E-state index contributed by atoms with van der Waals surface area (Å²) in [5.41, 5.74) is -0.261. The number of hydrogen-bond acceptors (Lipinski definition) is 5. The summed E-state index contributed by atoms with van der Waals surface area (Å²) in [6.45, 7) is 0.893. The molecule has 3 rings (SSSR count). The van der Waals surface area contributed by atoms with E-state index >= 15 is 0 Å². The Kier molecular flexibility index (Phi) is 5.02. The second kappa shape index (κ2) is 7.06. The fourth-order valence-corrected chi connectivity index (χ4v) is 4.94. The van der Waals surface area contributed by atoms with E-state index in [0.717, 1.165) is 0 Å². The van der Waals surface area contributed by atoms with Gasteiger partial charge < -0.3 is 4.90 Å². The number of nitrogens with zero attached hydrogens (tertiary/aromatic N) is 3. The molecule has 8 nitrogen and oxygen atoms in total. The number of halogens is 1. The van der Waals surface area contributed by atoms with Crippen LogP contribution in [0.2, 0.25) is 0 Å². The van der Waals surface area contributed by atoms with Crippen molar-refractivity contribution in [2.45, 2.75) is 4.90 Å². The number of aromatic amines is 1. The maximum atomic E-state index is 12.7. The average Bonchev–Trinajstić information content (AvgIpc) is 2.62. The Hall–Kier alpha value is -2.04. The zero-order chi connectivity index (χ0) is 18.0. The number of rotatable bonds is 3. The number of nitrogens with one attached hydrogen (secondary N) is 1. The third-order valence-electron chi connectivity index (χ3n) is 3.88. The van der Waals surface area contributed by atoms with Crippen LogP contribution in [0.3, 0.4) is 0 Å². The zero-order valence-electron chi connectivity index (χ0n) is 13.1. The third-order valence-corrected chi connectivity index (χ3v) is 6.79. The summed E-state index contributed by atoms with van der Waals surface area (Å²) in [4.78, 5) is 25.1. The number of carbonyl (C=O) groups excluding carboxylic acids is 1. The van der Waals surface area contributed by atoms with Crippen LogP contribution >= 0.6 is 15.9 Å². The van der Waals surface area contributed by atoms with Crippen molar-refractivity contribution in [3.8, 4) is 0 Å². The van der Waals surface area contributed by atoms with Gasteiger partial charge >= 0.3 is 0 Å². The number of piperazine rings is 1. The van der Waals surface area contributed by atoms with E-state index in [1.165, 1.54) is 21.3 Å². The number of aromatic nitrogens is 2. The molecule has 1 aromatic heterocycles. The van der Waals surface area contributed by atoms with Gasteiger partial charge in [0, 0.05) is 36.7 Å². The van der Waals surface area contributed by atoms with Crippen molar-refractivity contribution in [2.75, 3.05) is 26.2 Å². The molecule has 1 aromatic carbocycles. The lowest BCUT2D eigenvalue weighted by Crippen LogP contribution is -2.50. The molecule has 1 aliphatic heterocycles. The van der Waals surface area contributed by atoms with Gasteiger partial charge in [-0.1, -0.05) is 12.1 Å². The highest BCUT2D eigenvalue weighted by Gasteiger charge is 2.31. The molecule has 0 unspecified atom stereocenters. The van der Waals surface area contributed by atoms with Crippen LogP contribution in [-0.4, -0.2) is 59.9 Å². The Labute approximate surface area is 152 Å². The average molecular weight is 427 g/mol. The Bertz CT molecular complexity index is 932. The molecule has 0 spiro atoms. The Morgan fingerprint density at radius 1 is 1.08 bits per heavy atom. The van der Waals surface area contributed by atoms with Gasteiger partial charge in [0.1, 0.15) is 5.69 Å². The fourth-order valence-electron chi connectivity index (χ4n) is 2.55. The van der Waals surface area contributed by atoms with Crippen LogP contribution in [-0.2, 0) is 10.0 Å². The van der Waals surface area contributed by atoms with E-state index in [0.29, 0.717) is 4.47 Å². The molecule has 0 bridgehead atoms. The maximum Gasteiger partial charge on any atom is 0.274 e. The van der Waals surface area contributed by atoms with E-state index < -0.39 is 10.0 Å². The van der Waals surface area contributed by atoms with Crippen molar-refractivity contribution in [1.29, 1.82) is 0 Å². The molecule has 25 heavy (non-hydrogen) atoms. The van der Waals surface area contributed by atoms with Crippen LogP contribution < -0.4 is 5.56 Å². The summed E-state index contributed by atoms with van der Waals surface area (Å²) in [7, 11) is -3.63. The molecular formula is C15H15BrN4O4S. The van der Waals surface area contributed by atoms with Crippen molar-refractivity contribution in [2.24, 2.45) is 0 Å². The molecule has 1 fully saturated rings. The van der Waals surface area contributed by atoms with Crippen LogP contribution in [0, 0.1) is 0 Å². The predicted octanol–water partition coefficient (Wildman–Crippen LogP) is 0.679. The summed E-state index contributed by atoms with van der Waals surface area (Å²) in [5.74, 6) is -0.339. The molecule has 1 amide bonds. The Balaban J connectivity index is 1.71. The van der Waals surface area contributed by atoms with Gasteiger partial charge in [-0.05, 0) is 34.1 Å². The van der Waals surface area contributed by atoms with Crippen LogP contribution in [0.4, 0.5) is 0 Å². The molecule has 0 saturated carbocycles. The van der Waals surface area contributed by atoms with Gasteiger partial charge in [0.05, 0.1) is 4.90 Å². The SMILES string of the molecule is O=C(c1ccc(=O)[nH]n1)N1CCN(S(=O)(=O)c2ccccc2Br)CC1. The number of H-pyrrole nitrogens is 1. The largest absolute Gasteiger partial charge is 0.335 e. The zero-order valence-corrected chi connectivity index (χ0v) is 15.5. The van der Waals surface area contributed by atoms with Crippen molar-refractivity contribution in [3.05, 3.63) is 56.9 Å². The van der Waals surface area contributed by atoms with E-state index in [1.807, 2.05) is 0 Å². The molecule has 0 atom stereocenters. The van der Waals surface area contributed by atoms with Gasteiger partial charge in [0.2, 0.25) is 10.0 Å². The van der Waals surface area contributed by atoms with E-state index in [2.05, 4.69) is 26.1 Å². The topological polar surface area (TPSA) is 103 Å². The highest BCUT2D eigenvalue weighted by atomic mass is 79.9. The predicted molar refractivity (Wildman–Crippen MR) is 93.7 cm³/mol. The van der Waals surface area contributed by atoms with Crippen LogP contribution in [0.5, 0.6) is 0 Å². The monoisotopic (exact) mass is 426 g/mol. The van der Waals surface area contributed by atoms with Crippen molar-refractivity contribution in [1.82, 2.24) is 19.4 Å². The van der Waals surface area contributed by atoms with Gasteiger partial charge in [-0.2, -0.15) is 9.40 Å². The fraction of sp³-hybridized carbons (Fsp3) is 0.267. The van der Waals surface area contributed by atoms with E-state index in [9.17, 15) is 18.0 Å². The molecule has 2 heterocycles. The third kappa shape index (κ3) is 3.65. The van der Waals surface area contributed by atoms with Gasteiger partial charge in [0.25, 0.3) is 11.5 Å². The van der Waals surface area contributed by atoms with Crippen LogP contribution in [0.1, 0.15) is 10.5 Å². The second-order valence-corrected chi connectivity index (χ2v) is 8.19. The lowest BCUT2D eigenvalue weighted by atomic mass is 10.3. The summed E-state index contributed by atoms with van der Waals surface area (Å²) in [6.07, 6.45) is 0. The van der Waals surface area contributed by atoms with Gasteiger partial charge in [0.15, 0.2) is 0 Å². The molecular weight excluding hydrogens is 412 g/mol. The first-order chi connectivity index (χ1) is 11.9. The van der Waals surface area contributed by atoms with E-state index in [4.69, 9.17) is 0 Å². The van der Waals surface area contributed by atoms with Crippen molar-refractivity contribution >= 4 is 31.9 Å². The minimum atomic E-state index is -3.63. The quantitative estimate of drug-likeness (QED) is 0.776. The minimum Gasteiger partial charge on any atom is -0.335 e. The number of benzene rings is 1. The van der Waals surface area contributed by atoms with E-state index in [1.54, 1.807) is 24.3 Å². The minimum absolute atomic E-state index is 0.127. The lowest BCUT2D eigenvalue weighted by Gasteiger charge is -2.33. The van der Waals surface area contributed by atoms with Gasteiger partial charge in [-0.15, -0.1) is 0 Å². The maximum absolute atomic E-state index is 12.7.